The molecule has 3 heterocycles. The zero-order valence-electron chi connectivity index (χ0n) is 9.54. The van der Waals surface area contributed by atoms with Crippen molar-refractivity contribution in [3.63, 3.8) is 0 Å². The topological polar surface area (TPSA) is 20.3 Å². The lowest BCUT2D eigenvalue weighted by atomic mass is 10.0. The minimum absolute atomic E-state index is 0.190. The van der Waals surface area contributed by atoms with Gasteiger partial charge in [-0.3, -0.25) is 4.79 Å². The number of halogens is 3. The van der Waals surface area contributed by atoms with Gasteiger partial charge in [-0.25, -0.2) is 0 Å². The highest BCUT2D eigenvalue weighted by Gasteiger charge is 2.43. The first-order chi connectivity index (χ1) is 8.56. The van der Waals surface area contributed by atoms with Gasteiger partial charge in [-0.1, -0.05) is 15.9 Å². The summed E-state index contributed by atoms with van der Waals surface area (Å²) in [6.07, 6.45) is 4.49. The maximum atomic E-state index is 12.7. The third kappa shape index (κ3) is 2.34. The van der Waals surface area contributed by atoms with Crippen molar-refractivity contribution in [3.8, 4) is 0 Å². The molecule has 1 aromatic heterocycles. The van der Waals surface area contributed by atoms with Crippen molar-refractivity contribution >= 4 is 65.0 Å². The molecule has 2 bridgehead atoms. The summed E-state index contributed by atoms with van der Waals surface area (Å²) < 4.78 is 1.93. The number of alkyl halides is 1. The third-order valence-electron chi connectivity index (χ3n) is 3.80. The molecular formula is C12H12Br3NOS. The summed E-state index contributed by atoms with van der Waals surface area (Å²) in [5, 5.41) is 0. The molecule has 1 amide bonds. The van der Waals surface area contributed by atoms with Crippen LogP contribution in [-0.2, 0) is 0 Å². The number of hydrogen-bond acceptors (Lipinski definition) is 2. The van der Waals surface area contributed by atoms with E-state index in [1.165, 1.54) is 0 Å². The average molecular weight is 458 g/mol. The van der Waals surface area contributed by atoms with Crippen LogP contribution in [0.25, 0.3) is 0 Å². The van der Waals surface area contributed by atoms with Crippen molar-refractivity contribution in [2.45, 2.75) is 42.6 Å². The Bertz CT molecular complexity index is 476. The summed E-state index contributed by atoms with van der Waals surface area (Å²) in [6, 6.07) is 2.77. The van der Waals surface area contributed by atoms with Crippen LogP contribution >= 0.6 is 59.1 Å². The summed E-state index contributed by atoms with van der Waals surface area (Å²) >= 11 is 12.2. The lowest BCUT2D eigenvalue weighted by Crippen LogP contribution is -2.46. The Labute approximate surface area is 136 Å². The van der Waals surface area contributed by atoms with E-state index in [1.54, 1.807) is 11.3 Å². The molecule has 0 N–H and O–H groups in total. The molecule has 2 atom stereocenters. The normalized spacial score (nSPS) is 30.8. The van der Waals surface area contributed by atoms with E-state index in [-0.39, 0.29) is 5.91 Å². The SMILES string of the molecule is O=C(c1cc(Br)sc1Br)N1C2CCC1CC(Br)C2. The van der Waals surface area contributed by atoms with E-state index in [4.69, 9.17) is 0 Å². The van der Waals surface area contributed by atoms with Crippen molar-refractivity contribution in [3.05, 3.63) is 19.2 Å². The molecule has 0 saturated carbocycles. The van der Waals surface area contributed by atoms with Gasteiger partial charge in [0.1, 0.15) is 0 Å². The maximum Gasteiger partial charge on any atom is 0.256 e. The zero-order chi connectivity index (χ0) is 12.9. The van der Waals surface area contributed by atoms with E-state index in [9.17, 15) is 4.79 Å². The van der Waals surface area contributed by atoms with Crippen molar-refractivity contribution < 1.29 is 4.79 Å². The van der Waals surface area contributed by atoms with Crippen LogP contribution in [0.5, 0.6) is 0 Å². The summed E-state index contributed by atoms with van der Waals surface area (Å²) in [5.41, 5.74) is 0.803. The fourth-order valence-electron chi connectivity index (χ4n) is 3.07. The quantitative estimate of drug-likeness (QED) is 0.554. The van der Waals surface area contributed by atoms with Crippen LogP contribution < -0.4 is 0 Å². The number of nitrogens with zero attached hydrogens (tertiary/aromatic N) is 1. The molecule has 0 radical (unpaired) electrons. The average Bonchev–Trinajstić information content (AvgIpc) is 2.76. The second-order valence-corrected chi connectivity index (χ2v) is 9.95. The van der Waals surface area contributed by atoms with Gasteiger partial charge in [0, 0.05) is 16.9 Å². The van der Waals surface area contributed by atoms with E-state index in [0.717, 1.165) is 38.8 Å². The lowest BCUT2D eigenvalue weighted by Gasteiger charge is -2.37. The Kier molecular flexibility index (Phi) is 3.91. The fourth-order valence-corrected chi connectivity index (χ4v) is 6.71. The van der Waals surface area contributed by atoms with E-state index >= 15 is 0 Å². The van der Waals surface area contributed by atoms with E-state index in [0.29, 0.717) is 16.9 Å². The molecule has 0 aliphatic carbocycles. The molecule has 2 aliphatic heterocycles. The van der Waals surface area contributed by atoms with Crippen molar-refractivity contribution in [1.29, 1.82) is 0 Å². The molecule has 2 unspecified atom stereocenters. The molecule has 0 spiro atoms. The number of fused-ring (bicyclic) bond motifs is 2. The van der Waals surface area contributed by atoms with Gasteiger partial charge in [0.2, 0.25) is 0 Å². The molecule has 18 heavy (non-hydrogen) atoms. The molecular weight excluding hydrogens is 446 g/mol. The van der Waals surface area contributed by atoms with Gasteiger partial charge in [0.15, 0.2) is 0 Å². The third-order valence-corrected chi connectivity index (χ3v) is 6.88. The molecule has 2 fully saturated rings. The molecule has 6 heteroatoms. The Morgan fingerprint density at radius 2 is 1.89 bits per heavy atom. The Morgan fingerprint density at radius 1 is 1.28 bits per heavy atom. The Balaban J connectivity index is 1.88. The summed E-state index contributed by atoms with van der Waals surface area (Å²) in [5.74, 6) is 0.190. The van der Waals surface area contributed by atoms with Gasteiger partial charge in [-0.2, -0.15) is 0 Å². The maximum absolute atomic E-state index is 12.7. The number of hydrogen-bond donors (Lipinski definition) is 0. The first-order valence-electron chi connectivity index (χ1n) is 5.98. The zero-order valence-corrected chi connectivity index (χ0v) is 15.1. The number of carbonyl (C=O) groups is 1. The molecule has 2 saturated heterocycles. The Morgan fingerprint density at radius 3 is 2.39 bits per heavy atom. The lowest BCUT2D eigenvalue weighted by molar-refractivity contribution is 0.0603. The number of rotatable bonds is 1. The highest BCUT2D eigenvalue weighted by molar-refractivity contribution is 9.12. The Hall–Kier alpha value is 0.610. The second kappa shape index (κ2) is 5.19. The second-order valence-electron chi connectivity index (χ2n) is 4.90. The number of carbonyl (C=O) groups excluding carboxylic acids is 1. The van der Waals surface area contributed by atoms with Gasteiger partial charge in [0.05, 0.1) is 13.1 Å². The van der Waals surface area contributed by atoms with E-state index in [1.807, 2.05) is 6.07 Å². The number of piperidine rings is 1. The summed E-state index contributed by atoms with van der Waals surface area (Å²) in [4.78, 5) is 15.4. The minimum Gasteiger partial charge on any atom is -0.333 e. The van der Waals surface area contributed by atoms with Crippen LogP contribution in [0, 0.1) is 0 Å². The monoisotopic (exact) mass is 455 g/mol. The number of thiophene rings is 1. The first kappa shape index (κ1) is 13.6. The summed E-state index contributed by atoms with van der Waals surface area (Å²) in [7, 11) is 0. The van der Waals surface area contributed by atoms with Gasteiger partial charge in [0.25, 0.3) is 5.91 Å². The van der Waals surface area contributed by atoms with E-state index in [2.05, 4.69) is 52.7 Å². The molecule has 3 rings (SSSR count). The fraction of sp³-hybridized carbons (Fsp3) is 0.583. The van der Waals surface area contributed by atoms with Gasteiger partial charge >= 0.3 is 0 Å². The number of amides is 1. The van der Waals surface area contributed by atoms with Crippen LogP contribution in [0.2, 0.25) is 0 Å². The van der Waals surface area contributed by atoms with E-state index < -0.39 is 0 Å². The minimum atomic E-state index is 0.190. The van der Waals surface area contributed by atoms with Crippen LogP contribution in [0.3, 0.4) is 0 Å². The molecule has 98 valence electrons. The molecule has 1 aromatic rings. The van der Waals surface area contributed by atoms with Crippen molar-refractivity contribution in [2.75, 3.05) is 0 Å². The van der Waals surface area contributed by atoms with Crippen LogP contribution in [0.4, 0.5) is 0 Å². The van der Waals surface area contributed by atoms with Gasteiger partial charge in [-0.05, 0) is 63.6 Å². The largest absolute Gasteiger partial charge is 0.333 e. The van der Waals surface area contributed by atoms with Crippen LogP contribution in [0.1, 0.15) is 36.0 Å². The molecule has 0 aromatic carbocycles. The predicted molar refractivity (Wildman–Crippen MR) is 84.6 cm³/mol. The standard InChI is InChI=1S/C12H12Br3NOS/c13-6-3-7-1-2-8(4-6)16(7)12(17)9-5-10(14)18-11(9)15/h5-8H,1-4H2. The van der Waals surface area contributed by atoms with Gasteiger partial charge in [-0.15, -0.1) is 11.3 Å². The molecule has 2 aliphatic rings. The van der Waals surface area contributed by atoms with Crippen LogP contribution in [0.15, 0.2) is 13.6 Å². The van der Waals surface area contributed by atoms with Crippen molar-refractivity contribution in [2.24, 2.45) is 0 Å². The predicted octanol–water partition coefficient (Wildman–Crippen LogP) is 4.80. The first-order valence-corrected chi connectivity index (χ1v) is 9.29. The highest BCUT2D eigenvalue weighted by atomic mass is 79.9. The van der Waals surface area contributed by atoms with Gasteiger partial charge < -0.3 is 4.90 Å². The highest BCUT2D eigenvalue weighted by Crippen LogP contribution is 2.41. The van der Waals surface area contributed by atoms with Crippen LogP contribution in [-0.4, -0.2) is 27.7 Å². The smallest absolute Gasteiger partial charge is 0.256 e. The van der Waals surface area contributed by atoms with Crippen molar-refractivity contribution in [1.82, 2.24) is 4.90 Å². The summed E-state index contributed by atoms with van der Waals surface area (Å²) in [6.45, 7) is 0. The molecule has 2 nitrogen and oxygen atoms in total.